The molecule has 2 heteroatoms. The summed E-state index contributed by atoms with van der Waals surface area (Å²) >= 11 is 0. The van der Waals surface area contributed by atoms with Crippen LogP contribution in [0.5, 0.6) is 5.75 Å². The molecule has 1 aromatic rings. The molecule has 1 aliphatic heterocycles. The SMILES string of the molecule is CCN1CC[C@@]2(c3cccc(O)c3)CCCC[C@@H]2C1. The van der Waals surface area contributed by atoms with Crippen LogP contribution in [0.2, 0.25) is 0 Å². The van der Waals surface area contributed by atoms with Crippen LogP contribution < -0.4 is 0 Å². The highest BCUT2D eigenvalue weighted by Gasteiger charge is 2.45. The molecular weight excluding hydrogens is 234 g/mol. The minimum Gasteiger partial charge on any atom is -0.508 e. The van der Waals surface area contributed by atoms with E-state index in [0.717, 1.165) is 5.92 Å². The van der Waals surface area contributed by atoms with E-state index in [1.165, 1.54) is 57.3 Å². The van der Waals surface area contributed by atoms with E-state index in [1.54, 1.807) is 6.07 Å². The van der Waals surface area contributed by atoms with E-state index >= 15 is 0 Å². The van der Waals surface area contributed by atoms with Crippen molar-refractivity contribution in [1.29, 1.82) is 0 Å². The Bertz CT molecular complexity index is 445. The minimum absolute atomic E-state index is 0.336. The number of hydrogen-bond acceptors (Lipinski definition) is 2. The Hall–Kier alpha value is -1.02. The fourth-order valence-electron chi connectivity index (χ4n) is 4.29. The average molecular weight is 259 g/mol. The van der Waals surface area contributed by atoms with Crippen molar-refractivity contribution in [2.45, 2.75) is 44.4 Å². The zero-order valence-corrected chi connectivity index (χ0v) is 11.9. The van der Waals surface area contributed by atoms with Gasteiger partial charge in [-0.2, -0.15) is 0 Å². The molecule has 0 spiro atoms. The van der Waals surface area contributed by atoms with Crippen LogP contribution >= 0.6 is 0 Å². The second-order valence-corrected chi connectivity index (χ2v) is 6.29. The zero-order valence-electron chi connectivity index (χ0n) is 11.9. The highest BCUT2D eigenvalue weighted by molar-refractivity contribution is 5.35. The summed E-state index contributed by atoms with van der Waals surface area (Å²) in [6, 6.07) is 8.05. The van der Waals surface area contributed by atoms with Crippen LogP contribution in [-0.2, 0) is 5.41 Å². The number of aromatic hydroxyl groups is 1. The second kappa shape index (κ2) is 5.16. The summed E-state index contributed by atoms with van der Waals surface area (Å²) in [5.41, 5.74) is 1.72. The van der Waals surface area contributed by atoms with Crippen LogP contribution in [-0.4, -0.2) is 29.6 Å². The smallest absolute Gasteiger partial charge is 0.115 e. The summed E-state index contributed by atoms with van der Waals surface area (Å²) < 4.78 is 0. The minimum atomic E-state index is 0.336. The average Bonchev–Trinajstić information content (AvgIpc) is 2.46. The molecule has 104 valence electrons. The number of likely N-dealkylation sites (tertiary alicyclic amines) is 1. The van der Waals surface area contributed by atoms with Crippen molar-refractivity contribution in [3.63, 3.8) is 0 Å². The van der Waals surface area contributed by atoms with E-state index in [9.17, 15) is 5.11 Å². The van der Waals surface area contributed by atoms with Crippen molar-refractivity contribution in [2.24, 2.45) is 5.92 Å². The standard InChI is InChI=1S/C17H25NO/c1-2-18-11-10-17(9-4-3-6-15(17)13-18)14-7-5-8-16(19)12-14/h5,7-8,12,15,19H,2-4,6,9-11,13H2,1H3/t15-,17-/m1/s1. The van der Waals surface area contributed by atoms with Crippen molar-refractivity contribution in [3.05, 3.63) is 29.8 Å². The van der Waals surface area contributed by atoms with Crippen molar-refractivity contribution < 1.29 is 5.11 Å². The molecule has 0 bridgehead atoms. The topological polar surface area (TPSA) is 23.5 Å². The summed E-state index contributed by atoms with van der Waals surface area (Å²) in [6.07, 6.45) is 6.64. The first-order chi connectivity index (χ1) is 9.24. The highest BCUT2D eigenvalue weighted by atomic mass is 16.3. The molecule has 2 fully saturated rings. The summed E-state index contributed by atoms with van der Waals surface area (Å²) in [5, 5.41) is 9.82. The summed E-state index contributed by atoms with van der Waals surface area (Å²) in [7, 11) is 0. The van der Waals surface area contributed by atoms with Gasteiger partial charge in [-0.3, -0.25) is 0 Å². The van der Waals surface area contributed by atoms with E-state index in [4.69, 9.17) is 0 Å². The van der Waals surface area contributed by atoms with Gasteiger partial charge in [-0.15, -0.1) is 0 Å². The lowest BCUT2D eigenvalue weighted by Crippen LogP contribution is -2.51. The van der Waals surface area contributed by atoms with Crippen LogP contribution in [0.1, 0.15) is 44.6 Å². The Morgan fingerprint density at radius 2 is 2.21 bits per heavy atom. The van der Waals surface area contributed by atoms with Crippen molar-refractivity contribution >= 4 is 0 Å². The molecule has 2 aliphatic rings. The fourth-order valence-corrected chi connectivity index (χ4v) is 4.29. The molecule has 1 aliphatic carbocycles. The van der Waals surface area contributed by atoms with Gasteiger partial charge in [-0.25, -0.2) is 0 Å². The predicted octanol–water partition coefficient (Wildman–Crippen LogP) is 3.55. The summed E-state index contributed by atoms with van der Waals surface area (Å²) in [5.74, 6) is 1.20. The molecule has 0 amide bonds. The summed E-state index contributed by atoms with van der Waals surface area (Å²) in [6.45, 7) is 5.89. The number of phenols is 1. The number of piperidine rings is 1. The largest absolute Gasteiger partial charge is 0.508 e. The number of phenolic OH excluding ortho intramolecular Hbond substituents is 1. The third kappa shape index (κ3) is 2.27. The third-order valence-corrected chi connectivity index (χ3v) is 5.43. The van der Waals surface area contributed by atoms with Gasteiger partial charge in [-0.05, 0) is 56.0 Å². The lowest BCUT2D eigenvalue weighted by Gasteiger charge is -2.51. The molecule has 0 aromatic heterocycles. The van der Waals surface area contributed by atoms with E-state index < -0.39 is 0 Å². The first-order valence-corrected chi connectivity index (χ1v) is 7.76. The summed E-state index contributed by atoms with van der Waals surface area (Å²) in [4.78, 5) is 2.59. The van der Waals surface area contributed by atoms with Crippen molar-refractivity contribution in [2.75, 3.05) is 19.6 Å². The van der Waals surface area contributed by atoms with Gasteiger partial charge in [0, 0.05) is 12.0 Å². The van der Waals surface area contributed by atoms with Crippen LogP contribution in [0.25, 0.3) is 0 Å². The Kier molecular flexibility index (Phi) is 3.53. The Morgan fingerprint density at radius 3 is 3.00 bits per heavy atom. The second-order valence-electron chi connectivity index (χ2n) is 6.29. The molecule has 1 saturated carbocycles. The van der Waals surface area contributed by atoms with Crippen LogP contribution in [0.4, 0.5) is 0 Å². The van der Waals surface area contributed by atoms with Crippen LogP contribution in [0.3, 0.4) is 0 Å². The van der Waals surface area contributed by atoms with Gasteiger partial charge in [0.25, 0.3) is 0 Å². The number of rotatable bonds is 2. The van der Waals surface area contributed by atoms with Crippen molar-refractivity contribution in [3.8, 4) is 5.75 Å². The first-order valence-electron chi connectivity index (χ1n) is 7.76. The highest BCUT2D eigenvalue weighted by Crippen LogP contribution is 2.49. The number of fused-ring (bicyclic) bond motifs is 1. The molecule has 19 heavy (non-hydrogen) atoms. The first kappa shape index (κ1) is 13.0. The van der Waals surface area contributed by atoms with Gasteiger partial charge in [0.1, 0.15) is 5.75 Å². The lowest BCUT2D eigenvalue weighted by atomic mass is 9.59. The fraction of sp³-hybridized carbons (Fsp3) is 0.647. The van der Waals surface area contributed by atoms with Gasteiger partial charge in [0.2, 0.25) is 0 Å². The van der Waals surface area contributed by atoms with Gasteiger partial charge >= 0.3 is 0 Å². The molecule has 2 atom stereocenters. The van der Waals surface area contributed by atoms with E-state index in [2.05, 4.69) is 17.9 Å². The van der Waals surface area contributed by atoms with Gasteiger partial charge in [-0.1, -0.05) is 31.9 Å². The molecule has 2 nitrogen and oxygen atoms in total. The molecule has 3 rings (SSSR count). The quantitative estimate of drug-likeness (QED) is 0.878. The maximum Gasteiger partial charge on any atom is 0.115 e. The Balaban J connectivity index is 1.94. The molecule has 0 radical (unpaired) electrons. The molecule has 1 N–H and O–H groups in total. The molecule has 0 unspecified atom stereocenters. The molecule has 1 saturated heterocycles. The van der Waals surface area contributed by atoms with Gasteiger partial charge in [0.15, 0.2) is 0 Å². The maximum absolute atomic E-state index is 9.82. The zero-order chi connectivity index (χ0) is 13.3. The van der Waals surface area contributed by atoms with E-state index in [1.807, 2.05) is 12.1 Å². The predicted molar refractivity (Wildman–Crippen MR) is 78.5 cm³/mol. The van der Waals surface area contributed by atoms with E-state index in [0.29, 0.717) is 11.2 Å². The number of nitrogens with zero attached hydrogens (tertiary/aromatic N) is 1. The monoisotopic (exact) mass is 259 g/mol. The Morgan fingerprint density at radius 1 is 1.32 bits per heavy atom. The normalized spacial score (nSPS) is 31.9. The van der Waals surface area contributed by atoms with Gasteiger partial charge < -0.3 is 10.0 Å². The molecular formula is C17H25NO. The van der Waals surface area contributed by atoms with E-state index in [-0.39, 0.29) is 0 Å². The van der Waals surface area contributed by atoms with Crippen LogP contribution in [0, 0.1) is 5.92 Å². The van der Waals surface area contributed by atoms with Crippen LogP contribution in [0.15, 0.2) is 24.3 Å². The molecule has 1 heterocycles. The maximum atomic E-state index is 9.82. The van der Waals surface area contributed by atoms with Crippen molar-refractivity contribution in [1.82, 2.24) is 4.90 Å². The third-order valence-electron chi connectivity index (χ3n) is 5.43. The molecule has 1 aromatic carbocycles. The Labute approximate surface area is 116 Å². The number of hydrogen-bond donors (Lipinski definition) is 1. The lowest BCUT2D eigenvalue weighted by molar-refractivity contribution is 0.0592. The number of benzene rings is 1. The van der Waals surface area contributed by atoms with Gasteiger partial charge in [0.05, 0.1) is 0 Å².